The second-order valence-electron chi connectivity index (χ2n) is 3.29. The van der Waals surface area contributed by atoms with E-state index in [1.807, 2.05) is 0 Å². The van der Waals surface area contributed by atoms with E-state index < -0.39 is 24.4 Å². The Morgan fingerprint density at radius 2 is 1.85 bits per heavy atom. The van der Waals surface area contributed by atoms with Crippen molar-refractivity contribution in [2.75, 3.05) is 19.8 Å². The highest BCUT2D eigenvalue weighted by Gasteiger charge is 2.30. The highest BCUT2D eigenvalue weighted by atomic mass is 16.5. The second kappa shape index (κ2) is 5.51. The number of rotatable bonds is 6. The van der Waals surface area contributed by atoms with Gasteiger partial charge >= 0.3 is 0 Å². The van der Waals surface area contributed by atoms with Crippen LogP contribution in [0.15, 0.2) is 0 Å². The zero-order chi connectivity index (χ0) is 10.5. The van der Waals surface area contributed by atoms with Gasteiger partial charge in [0.25, 0.3) is 0 Å². The molecule has 4 N–H and O–H groups in total. The fourth-order valence-electron chi connectivity index (χ4n) is 0.638. The maximum Gasteiger partial charge on any atom is 0.114 e. The van der Waals surface area contributed by atoms with Crippen molar-refractivity contribution in [1.29, 1.82) is 0 Å². The molecular weight excluding hydrogens is 176 g/mol. The van der Waals surface area contributed by atoms with E-state index in [-0.39, 0.29) is 13.2 Å². The van der Waals surface area contributed by atoms with Gasteiger partial charge in [0, 0.05) is 0 Å². The predicted molar refractivity (Wildman–Crippen MR) is 46.2 cm³/mol. The van der Waals surface area contributed by atoms with Gasteiger partial charge in [0.15, 0.2) is 0 Å². The average Bonchev–Trinajstić information content (AvgIpc) is 2.13. The largest absolute Gasteiger partial charge is 0.394 e. The minimum Gasteiger partial charge on any atom is -0.394 e. The first-order chi connectivity index (χ1) is 5.96. The summed E-state index contributed by atoms with van der Waals surface area (Å²) in [6.45, 7) is 2.16. The quantitative estimate of drug-likeness (QED) is 0.412. The lowest BCUT2D eigenvalue weighted by molar-refractivity contribution is -0.150. The van der Waals surface area contributed by atoms with Gasteiger partial charge in [-0.05, 0) is 13.8 Å². The fourth-order valence-corrected chi connectivity index (χ4v) is 0.638. The van der Waals surface area contributed by atoms with Crippen LogP contribution in [0.25, 0.3) is 0 Å². The van der Waals surface area contributed by atoms with E-state index in [9.17, 15) is 5.11 Å². The first-order valence-electron chi connectivity index (χ1n) is 4.18. The summed E-state index contributed by atoms with van der Waals surface area (Å²) < 4.78 is 5.08. The Morgan fingerprint density at radius 3 is 2.15 bits per heavy atom. The lowest BCUT2D eigenvalue weighted by Crippen LogP contribution is -2.45. The third kappa shape index (κ3) is 4.02. The van der Waals surface area contributed by atoms with Gasteiger partial charge in [0.2, 0.25) is 0 Å². The van der Waals surface area contributed by atoms with E-state index in [2.05, 4.69) is 0 Å². The molecule has 0 saturated heterocycles. The van der Waals surface area contributed by atoms with Gasteiger partial charge in [-0.3, -0.25) is 0 Å². The van der Waals surface area contributed by atoms with Crippen LogP contribution in [-0.2, 0) is 4.74 Å². The van der Waals surface area contributed by atoms with Gasteiger partial charge in [-0.1, -0.05) is 0 Å². The van der Waals surface area contributed by atoms with Gasteiger partial charge in [-0.2, -0.15) is 0 Å². The van der Waals surface area contributed by atoms with E-state index in [4.69, 9.17) is 20.1 Å². The van der Waals surface area contributed by atoms with Crippen molar-refractivity contribution in [3.8, 4) is 0 Å². The molecule has 0 fully saturated rings. The molecule has 0 aliphatic rings. The maximum atomic E-state index is 9.23. The molecule has 80 valence electrons. The number of aliphatic hydroxyl groups excluding tert-OH is 4. The lowest BCUT2D eigenvalue weighted by atomic mass is 10.0. The van der Waals surface area contributed by atoms with Gasteiger partial charge in [0.05, 0.1) is 25.9 Å². The highest BCUT2D eigenvalue weighted by Crippen LogP contribution is 2.15. The Morgan fingerprint density at radius 1 is 1.31 bits per heavy atom. The molecule has 2 unspecified atom stereocenters. The molecule has 0 amide bonds. The molecule has 5 heteroatoms. The summed E-state index contributed by atoms with van der Waals surface area (Å²) >= 11 is 0. The Bertz CT molecular complexity index is 138. The third-order valence-corrected chi connectivity index (χ3v) is 2.01. The van der Waals surface area contributed by atoms with Crippen LogP contribution in [0.1, 0.15) is 13.8 Å². The molecule has 0 spiro atoms. The molecule has 0 aromatic heterocycles. The summed E-state index contributed by atoms with van der Waals surface area (Å²) in [7, 11) is 0. The van der Waals surface area contributed by atoms with Gasteiger partial charge in [0.1, 0.15) is 11.7 Å². The van der Waals surface area contributed by atoms with Gasteiger partial charge < -0.3 is 25.2 Å². The highest BCUT2D eigenvalue weighted by molar-refractivity contribution is 4.80. The van der Waals surface area contributed by atoms with Crippen molar-refractivity contribution >= 4 is 0 Å². The summed E-state index contributed by atoms with van der Waals surface area (Å²) in [5, 5.41) is 35.6. The number of aliphatic hydroxyl groups is 4. The van der Waals surface area contributed by atoms with E-state index in [0.29, 0.717) is 0 Å². The molecule has 0 aromatic carbocycles. The zero-order valence-electron chi connectivity index (χ0n) is 7.97. The molecule has 0 radical (unpaired) electrons. The second-order valence-corrected chi connectivity index (χ2v) is 3.29. The van der Waals surface area contributed by atoms with Crippen LogP contribution < -0.4 is 0 Å². The molecule has 0 aromatic rings. The topological polar surface area (TPSA) is 90.2 Å². The Labute approximate surface area is 77.6 Å². The Kier molecular flexibility index (Phi) is 5.43. The molecule has 0 rings (SSSR count). The van der Waals surface area contributed by atoms with Crippen molar-refractivity contribution in [1.82, 2.24) is 0 Å². The number of hydrogen-bond acceptors (Lipinski definition) is 5. The van der Waals surface area contributed by atoms with Crippen LogP contribution in [0.5, 0.6) is 0 Å². The van der Waals surface area contributed by atoms with Crippen molar-refractivity contribution < 1.29 is 25.2 Å². The summed E-state index contributed by atoms with van der Waals surface area (Å²) in [4.78, 5) is 0. The molecule has 3 atom stereocenters. The molecule has 0 saturated carbocycles. The van der Waals surface area contributed by atoms with E-state index in [1.54, 1.807) is 0 Å². The number of ether oxygens (including phenoxy) is 1. The smallest absolute Gasteiger partial charge is 0.114 e. The molecule has 13 heavy (non-hydrogen) atoms. The predicted octanol–water partition coefficient (Wildman–Crippen LogP) is -1.51. The normalized spacial score (nSPS) is 20.8. The maximum absolute atomic E-state index is 9.23. The van der Waals surface area contributed by atoms with Crippen molar-refractivity contribution in [3.05, 3.63) is 0 Å². The lowest BCUT2D eigenvalue weighted by Gasteiger charge is -2.31. The SMILES string of the molecule is CC(O)C(C)(CO)OC[C@@H](O)CO. The van der Waals surface area contributed by atoms with Crippen molar-refractivity contribution in [2.45, 2.75) is 31.7 Å². The van der Waals surface area contributed by atoms with Crippen LogP contribution in [-0.4, -0.2) is 58.1 Å². The van der Waals surface area contributed by atoms with E-state index in [0.717, 1.165) is 0 Å². The molecule has 0 aliphatic heterocycles. The van der Waals surface area contributed by atoms with Crippen LogP contribution in [0, 0.1) is 0 Å². The average molecular weight is 194 g/mol. The summed E-state index contributed by atoms with van der Waals surface area (Å²) in [5.74, 6) is 0. The molecule has 0 bridgehead atoms. The third-order valence-electron chi connectivity index (χ3n) is 2.01. The molecule has 0 aliphatic carbocycles. The Balaban J connectivity index is 3.98. The standard InChI is InChI=1S/C8H18O5/c1-6(11)8(2,5-10)13-4-7(12)3-9/h6-7,9-12H,3-5H2,1-2H3/t6?,7-,8?/m0/s1. The van der Waals surface area contributed by atoms with Crippen LogP contribution in [0.3, 0.4) is 0 Å². The zero-order valence-corrected chi connectivity index (χ0v) is 7.97. The first-order valence-corrected chi connectivity index (χ1v) is 4.18. The summed E-state index contributed by atoms with van der Waals surface area (Å²) in [6, 6.07) is 0. The molecular formula is C8H18O5. The van der Waals surface area contributed by atoms with E-state index >= 15 is 0 Å². The monoisotopic (exact) mass is 194 g/mol. The van der Waals surface area contributed by atoms with Crippen LogP contribution >= 0.6 is 0 Å². The van der Waals surface area contributed by atoms with Gasteiger partial charge in [-0.15, -0.1) is 0 Å². The van der Waals surface area contributed by atoms with Crippen molar-refractivity contribution in [2.24, 2.45) is 0 Å². The fraction of sp³-hybridized carbons (Fsp3) is 1.00. The minimum atomic E-state index is -1.09. The molecule has 5 nitrogen and oxygen atoms in total. The van der Waals surface area contributed by atoms with E-state index in [1.165, 1.54) is 13.8 Å². The van der Waals surface area contributed by atoms with Crippen LogP contribution in [0.2, 0.25) is 0 Å². The summed E-state index contributed by atoms with van der Waals surface area (Å²) in [6.07, 6.45) is -1.83. The van der Waals surface area contributed by atoms with Gasteiger partial charge in [-0.25, -0.2) is 0 Å². The van der Waals surface area contributed by atoms with Crippen LogP contribution in [0.4, 0.5) is 0 Å². The minimum absolute atomic E-state index is 0.113. The number of hydrogen-bond donors (Lipinski definition) is 4. The summed E-state index contributed by atoms with van der Waals surface area (Å²) in [5.41, 5.74) is -1.09. The first kappa shape index (κ1) is 12.8. The molecule has 0 heterocycles. The Hall–Kier alpha value is -0.200. The van der Waals surface area contributed by atoms with Crippen molar-refractivity contribution in [3.63, 3.8) is 0 Å².